The molecule has 3 aromatic rings. The molecule has 1 aliphatic rings. The fourth-order valence-corrected chi connectivity index (χ4v) is 4.66. The van der Waals surface area contributed by atoms with Gasteiger partial charge in [-0.25, -0.2) is 9.80 Å². The maximum Gasteiger partial charge on any atom is 0.350 e. The molecule has 2 atom stereocenters. The van der Waals surface area contributed by atoms with Crippen LogP contribution in [0.4, 0.5) is 11.4 Å². The molecule has 0 unspecified atom stereocenters. The molecule has 0 radical (unpaired) electrons. The number of thiophene rings is 1. The Balaban J connectivity index is 1.96. The number of nitriles is 1. The number of hydrogen-bond acceptors (Lipinski definition) is 9. The van der Waals surface area contributed by atoms with Crippen LogP contribution in [0.1, 0.15) is 28.8 Å². The van der Waals surface area contributed by atoms with Crippen LogP contribution < -0.4 is 10.2 Å². The van der Waals surface area contributed by atoms with Gasteiger partial charge in [0.25, 0.3) is 5.54 Å². The first-order valence-electron chi connectivity index (χ1n) is 10.3. The lowest BCUT2D eigenvalue weighted by Gasteiger charge is -2.34. The van der Waals surface area contributed by atoms with Gasteiger partial charge in [0.1, 0.15) is 6.07 Å². The first kappa shape index (κ1) is 22.5. The second-order valence-electron chi connectivity index (χ2n) is 7.51. The minimum Gasteiger partial charge on any atom is -0.733 e. The zero-order valence-corrected chi connectivity index (χ0v) is 18.8. The maximum atomic E-state index is 13.5. The number of benzene rings is 2. The molecule has 9 heteroatoms. The van der Waals surface area contributed by atoms with Crippen molar-refractivity contribution in [1.82, 2.24) is 0 Å². The van der Waals surface area contributed by atoms with E-state index < -0.39 is 17.4 Å². The number of hydrazone groups is 1. The molecule has 0 aliphatic carbocycles. The highest BCUT2D eigenvalue weighted by atomic mass is 32.1. The first-order chi connectivity index (χ1) is 15.9. The van der Waals surface area contributed by atoms with E-state index in [2.05, 4.69) is 6.07 Å². The van der Waals surface area contributed by atoms with Gasteiger partial charge < -0.3 is 15.2 Å². The molecule has 0 saturated heterocycles. The van der Waals surface area contributed by atoms with Crippen molar-refractivity contribution in [2.75, 3.05) is 16.8 Å². The van der Waals surface area contributed by atoms with E-state index in [4.69, 9.17) is 9.84 Å². The van der Waals surface area contributed by atoms with Crippen molar-refractivity contribution in [2.24, 2.45) is 5.10 Å². The Morgan fingerprint density at radius 1 is 1.27 bits per heavy atom. The van der Waals surface area contributed by atoms with Crippen LogP contribution in [0.25, 0.3) is 0 Å². The van der Waals surface area contributed by atoms with Crippen molar-refractivity contribution in [3.63, 3.8) is 0 Å². The van der Waals surface area contributed by atoms with E-state index in [1.807, 2.05) is 48.7 Å². The van der Waals surface area contributed by atoms with Gasteiger partial charge in [-0.3, -0.25) is 5.21 Å². The van der Waals surface area contributed by atoms with Gasteiger partial charge in [-0.1, -0.05) is 35.9 Å². The third kappa shape index (κ3) is 3.85. The summed E-state index contributed by atoms with van der Waals surface area (Å²) in [7, 11) is 0. The lowest BCUT2D eigenvalue weighted by molar-refractivity contribution is -0.147. The normalized spacial score (nSPS) is 19.7. The van der Waals surface area contributed by atoms with Crippen LogP contribution >= 0.6 is 11.3 Å². The van der Waals surface area contributed by atoms with E-state index in [9.17, 15) is 20.5 Å². The first-order valence-corrected chi connectivity index (χ1v) is 11.1. The van der Waals surface area contributed by atoms with Crippen LogP contribution in [0.5, 0.6) is 0 Å². The zero-order valence-electron chi connectivity index (χ0n) is 18.0. The fourth-order valence-electron chi connectivity index (χ4n) is 3.92. The molecule has 0 amide bonds. The van der Waals surface area contributed by atoms with E-state index >= 15 is 0 Å². The number of ether oxygens (including phenoxy) is 1. The number of aryl methyl sites for hydroxylation is 1. The predicted molar refractivity (Wildman–Crippen MR) is 126 cm³/mol. The summed E-state index contributed by atoms with van der Waals surface area (Å²) in [6.45, 7) is 3.74. The van der Waals surface area contributed by atoms with Crippen molar-refractivity contribution < 1.29 is 14.7 Å². The molecule has 0 fully saturated rings. The highest BCUT2D eigenvalue weighted by molar-refractivity contribution is 7.12. The van der Waals surface area contributed by atoms with E-state index in [1.54, 1.807) is 6.92 Å². The van der Waals surface area contributed by atoms with Crippen molar-refractivity contribution in [1.29, 1.82) is 5.26 Å². The average molecular weight is 462 g/mol. The van der Waals surface area contributed by atoms with E-state index in [1.165, 1.54) is 40.6 Å². The molecule has 4 rings (SSSR count). The number of nitrogens with zero attached hydrogens (tertiary/aromatic N) is 4. The summed E-state index contributed by atoms with van der Waals surface area (Å²) in [4.78, 5) is 14.3. The van der Waals surface area contributed by atoms with Crippen molar-refractivity contribution in [3.8, 4) is 6.07 Å². The minimum absolute atomic E-state index is 0.00850. The van der Waals surface area contributed by atoms with E-state index in [0.717, 1.165) is 16.0 Å². The van der Waals surface area contributed by atoms with E-state index in [0.29, 0.717) is 11.4 Å². The highest BCUT2D eigenvalue weighted by Crippen LogP contribution is 2.46. The Labute approximate surface area is 195 Å². The van der Waals surface area contributed by atoms with Gasteiger partial charge in [0.05, 0.1) is 34.5 Å². The summed E-state index contributed by atoms with van der Waals surface area (Å²) in [5, 5.41) is 38.7. The molecule has 168 valence electrons. The molecular weight excluding hydrogens is 440 g/mol. The zero-order chi connectivity index (χ0) is 23.6. The summed E-state index contributed by atoms with van der Waals surface area (Å²) in [5.41, 5.74) is 0.960. The van der Waals surface area contributed by atoms with Gasteiger partial charge in [-0.2, -0.15) is 10.4 Å². The molecule has 8 nitrogen and oxygen atoms in total. The monoisotopic (exact) mass is 461 g/mol. The standard InChI is InChI=1S/C24H21N4O4S/c1-3-32-23(29)24(15-25)21(17-8-6-16(2)7-9-17)22(20-5-4-14-33-20)26-27(24)18-10-12-19(13-11-18)28(30)31/h4-14,21,30H,3H2,1-2H3/q-1/t21-,24+/m0/s1. The number of hydrogen-bond donors (Lipinski definition) is 1. The van der Waals surface area contributed by atoms with Crippen molar-refractivity contribution in [2.45, 2.75) is 25.3 Å². The molecule has 2 aromatic carbocycles. The molecule has 1 N–H and O–H groups in total. The number of esters is 1. The van der Waals surface area contributed by atoms with Crippen LogP contribution in [0, 0.1) is 23.5 Å². The molecule has 1 aliphatic heterocycles. The summed E-state index contributed by atoms with van der Waals surface area (Å²) >= 11 is 1.46. The van der Waals surface area contributed by atoms with Gasteiger partial charge in [0.15, 0.2) is 0 Å². The van der Waals surface area contributed by atoms with Crippen LogP contribution in [0.3, 0.4) is 0 Å². The topological polar surface area (TPSA) is 112 Å². The third-order valence-corrected chi connectivity index (χ3v) is 6.38. The van der Waals surface area contributed by atoms with Crippen LogP contribution in [-0.2, 0) is 9.53 Å². The Bertz CT molecular complexity index is 1200. The van der Waals surface area contributed by atoms with Gasteiger partial charge in [0, 0.05) is 0 Å². The lowest BCUT2D eigenvalue weighted by atomic mass is 9.77. The lowest BCUT2D eigenvalue weighted by Crippen LogP contribution is -2.54. The van der Waals surface area contributed by atoms with Gasteiger partial charge >= 0.3 is 5.97 Å². The highest BCUT2D eigenvalue weighted by Gasteiger charge is 2.60. The average Bonchev–Trinajstić information content (AvgIpc) is 3.46. The Hall–Kier alpha value is -3.71. The molecule has 0 spiro atoms. The second kappa shape index (κ2) is 9.03. The number of carbonyl (C=O) groups excluding carboxylic acids is 1. The summed E-state index contributed by atoms with van der Waals surface area (Å²) < 4.78 is 5.40. The van der Waals surface area contributed by atoms with E-state index in [-0.39, 0.29) is 17.5 Å². The van der Waals surface area contributed by atoms with Gasteiger partial charge in [-0.15, -0.1) is 11.3 Å². The fraction of sp³-hybridized carbons (Fsp3) is 0.208. The summed E-state index contributed by atoms with van der Waals surface area (Å²) in [6, 6.07) is 19.5. The smallest absolute Gasteiger partial charge is 0.350 e. The molecule has 2 heterocycles. The Morgan fingerprint density at radius 3 is 2.52 bits per heavy atom. The largest absolute Gasteiger partial charge is 0.733 e. The molecule has 0 saturated carbocycles. The Morgan fingerprint density at radius 2 is 1.97 bits per heavy atom. The molecule has 33 heavy (non-hydrogen) atoms. The SMILES string of the molecule is CCOC(=O)[C@@]1(C#N)[C@@H](c2ccc(C)cc2)C(c2cccs2)=NN1c1ccc(N([O-])O)cc1. The molecule has 1 aromatic heterocycles. The van der Waals surface area contributed by atoms with Crippen LogP contribution in [-0.4, -0.2) is 29.0 Å². The maximum absolute atomic E-state index is 13.5. The number of carbonyl (C=O) groups is 1. The number of rotatable bonds is 6. The van der Waals surface area contributed by atoms with Crippen molar-refractivity contribution in [3.05, 3.63) is 87.3 Å². The van der Waals surface area contributed by atoms with Gasteiger partial charge in [-0.05, 0) is 55.1 Å². The molecule has 0 bridgehead atoms. The second-order valence-corrected chi connectivity index (χ2v) is 8.45. The van der Waals surface area contributed by atoms with Crippen LogP contribution in [0.2, 0.25) is 0 Å². The minimum atomic E-state index is -1.82. The van der Waals surface area contributed by atoms with Crippen LogP contribution in [0.15, 0.2) is 71.1 Å². The quantitative estimate of drug-likeness (QED) is 0.422. The Kier molecular flexibility index (Phi) is 6.16. The summed E-state index contributed by atoms with van der Waals surface area (Å²) in [6.07, 6.45) is 0. The summed E-state index contributed by atoms with van der Waals surface area (Å²) in [5.74, 6) is -1.45. The molecular formula is C24H21N4O4S-. The third-order valence-electron chi connectivity index (χ3n) is 5.49. The van der Waals surface area contributed by atoms with Gasteiger partial charge in [0.2, 0.25) is 0 Å². The van der Waals surface area contributed by atoms with Crippen molar-refractivity contribution >= 4 is 34.4 Å². The predicted octanol–water partition coefficient (Wildman–Crippen LogP) is 4.58. The number of anilines is 2.